The normalized spacial score (nSPS) is 12.7. The predicted molar refractivity (Wildman–Crippen MR) is 185 cm³/mol. The Morgan fingerprint density at radius 1 is 0.783 bits per heavy atom. The summed E-state index contributed by atoms with van der Waals surface area (Å²) < 4.78 is 29.9. The lowest BCUT2D eigenvalue weighted by Crippen LogP contribution is -2.54. The van der Waals surface area contributed by atoms with E-state index in [1.165, 1.54) is 4.31 Å². The van der Waals surface area contributed by atoms with E-state index in [0.29, 0.717) is 5.69 Å². The quantitative estimate of drug-likeness (QED) is 0.177. The van der Waals surface area contributed by atoms with Gasteiger partial charge in [-0.25, -0.2) is 8.42 Å². The number of sulfonamides is 1. The molecule has 4 rings (SSSR count). The van der Waals surface area contributed by atoms with Gasteiger partial charge in [-0.3, -0.25) is 13.9 Å². The van der Waals surface area contributed by atoms with Crippen LogP contribution < -0.4 is 9.62 Å². The third kappa shape index (κ3) is 8.43. The molecule has 0 aliphatic heterocycles. The molecule has 1 N–H and O–H groups in total. The number of rotatable bonds is 13. The Kier molecular flexibility index (Phi) is 11.4. The van der Waals surface area contributed by atoms with Crippen molar-refractivity contribution in [2.75, 3.05) is 10.8 Å². The first-order valence-electron chi connectivity index (χ1n) is 15.8. The van der Waals surface area contributed by atoms with E-state index in [0.717, 1.165) is 39.8 Å². The molecule has 0 radical (unpaired) electrons. The lowest BCUT2D eigenvalue weighted by molar-refractivity contribution is -0.140. The Bertz CT molecular complexity index is 1750. The third-order valence-electron chi connectivity index (χ3n) is 8.40. The number of aryl methyl sites for hydroxylation is 4. The van der Waals surface area contributed by atoms with Crippen LogP contribution in [0.25, 0.3) is 0 Å². The summed E-state index contributed by atoms with van der Waals surface area (Å²) in [6.45, 7) is 11.2. The van der Waals surface area contributed by atoms with E-state index in [2.05, 4.69) is 5.32 Å². The molecule has 0 saturated carbocycles. The Morgan fingerprint density at radius 3 is 2.07 bits per heavy atom. The van der Waals surface area contributed by atoms with Crippen molar-refractivity contribution in [2.24, 2.45) is 0 Å². The Balaban J connectivity index is 1.85. The number of amides is 2. The summed E-state index contributed by atoms with van der Waals surface area (Å²) in [6.07, 6.45) is 1.000. The highest BCUT2D eigenvalue weighted by Crippen LogP contribution is 2.29. The van der Waals surface area contributed by atoms with Crippen LogP contribution >= 0.6 is 0 Å². The third-order valence-corrected chi connectivity index (χ3v) is 10.2. The number of hydrogen-bond acceptors (Lipinski definition) is 4. The van der Waals surface area contributed by atoms with Crippen LogP contribution in [0.3, 0.4) is 0 Å². The van der Waals surface area contributed by atoms with Gasteiger partial charge in [-0.05, 0) is 87.1 Å². The maximum atomic E-state index is 14.7. The van der Waals surface area contributed by atoms with Gasteiger partial charge in [-0.1, -0.05) is 91.3 Å². The van der Waals surface area contributed by atoms with E-state index >= 15 is 0 Å². The maximum absolute atomic E-state index is 14.7. The van der Waals surface area contributed by atoms with Gasteiger partial charge in [-0.15, -0.1) is 0 Å². The van der Waals surface area contributed by atoms with Crippen molar-refractivity contribution in [3.63, 3.8) is 0 Å². The second kappa shape index (κ2) is 15.2. The van der Waals surface area contributed by atoms with E-state index in [1.807, 2.05) is 108 Å². The van der Waals surface area contributed by atoms with E-state index in [1.54, 1.807) is 35.2 Å². The molecule has 4 aromatic carbocycles. The minimum absolute atomic E-state index is 0.0904. The largest absolute Gasteiger partial charge is 0.352 e. The van der Waals surface area contributed by atoms with Crippen molar-refractivity contribution in [1.29, 1.82) is 0 Å². The van der Waals surface area contributed by atoms with Crippen molar-refractivity contribution < 1.29 is 18.0 Å². The summed E-state index contributed by atoms with van der Waals surface area (Å²) in [5.74, 6) is -0.750. The number of benzene rings is 4. The van der Waals surface area contributed by atoms with Gasteiger partial charge in [0.1, 0.15) is 12.6 Å². The Morgan fingerprint density at radius 2 is 1.41 bits per heavy atom. The van der Waals surface area contributed by atoms with E-state index in [4.69, 9.17) is 0 Å². The number of carbonyl (C=O) groups is 2. The monoisotopic (exact) mass is 639 g/mol. The second-order valence-electron chi connectivity index (χ2n) is 12.1. The van der Waals surface area contributed by atoms with Gasteiger partial charge in [0.15, 0.2) is 0 Å². The average molecular weight is 640 g/mol. The van der Waals surface area contributed by atoms with Crippen molar-refractivity contribution in [1.82, 2.24) is 10.2 Å². The van der Waals surface area contributed by atoms with E-state index in [-0.39, 0.29) is 29.8 Å². The highest BCUT2D eigenvalue weighted by Gasteiger charge is 2.35. The first-order chi connectivity index (χ1) is 21.9. The predicted octanol–water partition coefficient (Wildman–Crippen LogP) is 6.67. The summed E-state index contributed by atoms with van der Waals surface area (Å²) in [5, 5.41) is 3.08. The Hall–Kier alpha value is -4.43. The fourth-order valence-electron chi connectivity index (χ4n) is 5.30. The summed E-state index contributed by atoms with van der Waals surface area (Å²) in [5.41, 5.74) is 5.68. The van der Waals surface area contributed by atoms with Crippen molar-refractivity contribution in [2.45, 2.75) is 77.9 Å². The van der Waals surface area contributed by atoms with Gasteiger partial charge in [0.05, 0.1) is 10.6 Å². The van der Waals surface area contributed by atoms with Crippen LogP contribution in [-0.2, 0) is 32.6 Å². The minimum Gasteiger partial charge on any atom is -0.352 e. The number of anilines is 1. The standard InChI is InChI=1S/C38H45N3O4S/c1-7-31(6)39-38(43)36(24-32-14-9-8-10-15-32)40(25-33-16-12-11-13-29(33)4)37(42)26-41(35-23-28(3)17-20-30(35)5)46(44,45)34-21-18-27(2)19-22-34/h8-23,31,36H,7,24-26H2,1-6H3,(H,39,43). The first-order valence-corrected chi connectivity index (χ1v) is 17.2. The number of nitrogens with one attached hydrogen (secondary N) is 1. The topological polar surface area (TPSA) is 86.8 Å². The van der Waals surface area contributed by atoms with Crippen LogP contribution in [0.5, 0.6) is 0 Å². The molecule has 4 aromatic rings. The SMILES string of the molecule is CCC(C)NC(=O)C(Cc1ccccc1)N(Cc1ccccc1C)C(=O)CN(c1cc(C)ccc1C)S(=O)(=O)c1ccc(C)cc1. The van der Waals surface area contributed by atoms with E-state index < -0.39 is 28.5 Å². The second-order valence-corrected chi connectivity index (χ2v) is 13.9. The molecule has 8 heteroatoms. The van der Waals surface area contributed by atoms with Gasteiger partial charge >= 0.3 is 0 Å². The zero-order valence-electron chi connectivity index (χ0n) is 27.7. The molecule has 0 saturated heterocycles. The minimum atomic E-state index is -4.16. The highest BCUT2D eigenvalue weighted by molar-refractivity contribution is 7.92. The molecule has 0 fully saturated rings. The van der Waals surface area contributed by atoms with Crippen molar-refractivity contribution >= 4 is 27.5 Å². The Labute approximate surface area is 274 Å². The van der Waals surface area contributed by atoms with Crippen molar-refractivity contribution in [3.05, 3.63) is 130 Å². The lowest BCUT2D eigenvalue weighted by Gasteiger charge is -2.35. The van der Waals surface area contributed by atoms with Gasteiger partial charge in [0.2, 0.25) is 11.8 Å². The van der Waals surface area contributed by atoms with E-state index in [9.17, 15) is 18.0 Å². The molecule has 2 atom stereocenters. The fraction of sp³-hybridized carbons (Fsp3) is 0.316. The van der Waals surface area contributed by atoms with Crippen LogP contribution in [-0.4, -0.2) is 43.8 Å². The summed E-state index contributed by atoms with van der Waals surface area (Å²) in [4.78, 5) is 30.3. The average Bonchev–Trinajstić information content (AvgIpc) is 3.04. The number of nitrogens with zero attached hydrogens (tertiary/aromatic N) is 2. The number of hydrogen-bond donors (Lipinski definition) is 1. The molecule has 0 bridgehead atoms. The van der Waals surface area contributed by atoms with Crippen LogP contribution in [0.1, 0.15) is 53.6 Å². The zero-order valence-corrected chi connectivity index (χ0v) is 28.5. The molecular weight excluding hydrogens is 595 g/mol. The number of carbonyl (C=O) groups excluding carboxylic acids is 2. The summed E-state index contributed by atoms with van der Waals surface area (Å²) in [7, 11) is -4.16. The maximum Gasteiger partial charge on any atom is 0.264 e. The smallest absolute Gasteiger partial charge is 0.264 e. The molecule has 2 unspecified atom stereocenters. The molecule has 46 heavy (non-hydrogen) atoms. The van der Waals surface area contributed by atoms with Crippen LogP contribution in [0.2, 0.25) is 0 Å². The molecular formula is C38H45N3O4S. The molecule has 7 nitrogen and oxygen atoms in total. The van der Waals surface area contributed by atoms with Gasteiger partial charge in [0, 0.05) is 19.0 Å². The molecule has 0 aromatic heterocycles. The molecule has 0 heterocycles. The van der Waals surface area contributed by atoms with Crippen LogP contribution in [0, 0.1) is 27.7 Å². The van der Waals surface area contributed by atoms with Gasteiger partial charge in [0.25, 0.3) is 10.0 Å². The molecule has 242 valence electrons. The molecule has 0 aliphatic rings. The molecule has 0 aliphatic carbocycles. The summed E-state index contributed by atoms with van der Waals surface area (Å²) >= 11 is 0. The summed E-state index contributed by atoms with van der Waals surface area (Å²) in [6, 6.07) is 28.5. The lowest BCUT2D eigenvalue weighted by atomic mass is 10.0. The first kappa shape index (κ1) is 34.4. The fourth-order valence-corrected chi connectivity index (χ4v) is 6.78. The molecule has 0 spiro atoms. The molecule has 2 amide bonds. The van der Waals surface area contributed by atoms with Crippen molar-refractivity contribution in [3.8, 4) is 0 Å². The van der Waals surface area contributed by atoms with Gasteiger partial charge < -0.3 is 10.2 Å². The highest BCUT2D eigenvalue weighted by atomic mass is 32.2. The van der Waals surface area contributed by atoms with Crippen LogP contribution in [0.4, 0.5) is 5.69 Å². The zero-order chi connectivity index (χ0) is 33.4. The van der Waals surface area contributed by atoms with Crippen LogP contribution in [0.15, 0.2) is 102 Å². The van der Waals surface area contributed by atoms with Gasteiger partial charge in [-0.2, -0.15) is 0 Å².